The number of carbonyl (C=O) groups is 1. The predicted molar refractivity (Wildman–Crippen MR) is 97.7 cm³/mol. The molecule has 0 bridgehead atoms. The normalized spacial score (nSPS) is 10.6. The van der Waals surface area contributed by atoms with E-state index in [1.54, 1.807) is 13.0 Å². The molecule has 0 unspecified atom stereocenters. The Hall–Kier alpha value is -1.94. The van der Waals surface area contributed by atoms with Crippen molar-refractivity contribution in [3.63, 3.8) is 0 Å². The van der Waals surface area contributed by atoms with Crippen LogP contribution in [0.2, 0.25) is 0 Å². The van der Waals surface area contributed by atoms with Gasteiger partial charge in [-0.3, -0.25) is 0 Å². The summed E-state index contributed by atoms with van der Waals surface area (Å²) < 4.78 is 8.02. The molecule has 120 valence electrons. The lowest BCUT2D eigenvalue weighted by molar-refractivity contribution is -0.137. The van der Waals surface area contributed by atoms with Crippen LogP contribution in [0.5, 0.6) is 0 Å². The highest BCUT2D eigenvalue weighted by atomic mass is 32.2. The van der Waals surface area contributed by atoms with Gasteiger partial charge < -0.3 is 9.46 Å². The van der Waals surface area contributed by atoms with Crippen LogP contribution in [0.1, 0.15) is 27.7 Å². The highest BCUT2D eigenvalue weighted by Gasteiger charge is 1.95. The summed E-state index contributed by atoms with van der Waals surface area (Å²) in [4.78, 5) is 12.2. The molecule has 22 heavy (non-hydrogen) atoms. The molecule has 4 heteroatoms. The summed E-state index contributed by atoms with van der Waals surface area (Å²) in [6, 6.07) is 9.91. The van der Waals surface area contributed by atoms with Gasteiger partial charge in [-0.15, -0.1) is 0 Å². The fourth-order valence-corrected chi connectivity index (χ4v) is 1.97. The summed E-state index contributed by atoms with van der Waals surface area (Å²) in [6.45, 7) is 12.0. The molecule has 0 aromatic heterocycles. The summed E-state index contributed by atoms with van der Waals surface area (Å²) in [7, 11) is 0. The van der Waals surface area contributed by atoms with Crippen LogP contribution in [0.15, 0.2) is 65.6 Å². The molecule has 0 saturated carbocycles. The number of rotatable bonds is 7. The van der Waals surface area contributed by atoms with Crippen molar-refractivity contribution < 1.29 is 9.53 Å². The van der Waals surface area contributed by atoms with Gasteiger partial charge in [0.1, 0.15) is 0 Å². The zero-order valence-electron chi connectivity index (χ0n) is 13.8. The number of esters is 1. The minimum atomic E-state index is -0.352. The number of ether oxygens (including phenoxy) is 1. The molecule has 0 aliphatic carbocycles. The third kappa shape index (κ3) is 9.88. The van der Waals surface area contributed by atoms with Crippen LogP contribution < -0.4 is 4.72 Å². The minimum absolute atomic E-state index is 0.352. The highest BCUT2D eigenvalue weighted by Crippen LogP contribution is 2.20. The maximum absolute atomic E-state index is 11.2. The molecule has 3 nitrogen and oxygen atoms in total. The van der Waals surface area contributed by atoms with Crippen LogP contribution >= 0.6 is 11.9 Å². The summed E-state index contributed by atoms with van der Waals surface area (Å²) in [5.41, 5.74) is 1.79. The zero-order chi connectivity index (χ0) is 16.8. The Morgan fingerprint density at radius 3 is 2.50 bits per heavy atom. The van der Waals surface area contributed by atoms with Crippen molar-refractivity contribution in [3.05, 3.63) is 65.6 Å². The van der Waals surface area contributed by atoms with Gasteiger partial charge >= 0.3 is 5.97 Å². The summed E-state index contributed by atoms with van der Waals surface area (Å²) in [6.07, 6.45) is 4.92. The van der Waals surface area contributed by atoms with E-state index in [0.29, 0.717) is 6.61 Å². The molecule has 0 amide bonds. The Morgan fingerprint density at radius 1 is 1.27 bits per heavy atom. The van der Waals surface area contributed by atoms with Gasteiger partial charge in [0.05, 0.1) is 6.61 Å². The molecule has 1 N–H and O–H groups in total. The van der Waals surface area contributed by atoms with Crippen molar-refractivity contribution in [1.82, 2.24) is 0 Å². The van der Waals surface area contributed by atoms with Crippen molar-refractivity contribution in [2.45, 2.75) is 27.7 Å². The molecule has 0 heterocycles. The van der Waals surface area contributed by atoms with Gasteiger partial charge in [0.2, 0.25) is 0 Å². The molecule has 0 radical (unpaired) electrons. The fraction of sp³-hybridized carbons (Fsp3) is 0.278. The Balaban J connectivity index is 0.00000211. The lowest BCUT2D eigenvalue weighted by atomic mass is 10.2. The number of para-hydroxylation sites is 1. The lowest BCUT2D eigenvalue weighted by Crippen LogP contribution is -1.98. The molecule has 1 rings (SSSR count). The first-order chi connectivity index (χ1) is 10.6. The zero-order valence-corrected chi connectivity index (χ0v) is 14.6. The monoisotopic (exact) mass is 319 g/mol. The molecule has 1 aromatic rings. The van der Waals surface area contributed by atoms with E-state index in [-0.39, 0.29) is 5.97 Å². The first-order valence-corrected chi connectivity index (χ1v) is 8.13. The fourth-order valence-electron chi connectivity index (χ4n) is 1.35. The number of carbonyl (C=O) groups excluding carboxylic acids is 1. The molecule has 1 aromatic carbocycles. The largest absolute Gasteiger partial charge is 0.463 e. The molecule has 0 spiro atoms. The molecular weight excluding hydrogens is 294 g/mol. The number of nitrogens with one attached hydrogen (secondary N) is 1. The van der Waals surface area contributed by atoms with Crippen molar-refractivity contribution in [2.75, 3.05) is 11.3 Å². The summed E-state index contributed by atoms with van der Waals surface area (Å²) >= 11 is 1.50. The Bertz CT molecular complexity index is 507. The highest BCUT2D eigenvalue weighted by molar-refractivity contribution is 8.04. The van der Waals surface area contributed by atoms with Gasteiger partial charge in [-0.1, -0.05) is 38.6 Å². The smallest absolute Gasteiger partial charge is 0.330 e. The quantitative estimate of drug-likeness (QED) is 0.318. The van der Waals surface area contributed by atoms with E-state index < -0.39 is 0 Å². The van der Waals surface area contributed by atoms with Crippen LogP contribution in [0, 0.1) is 0 Å². The van der Waals surface area contributed by atoms with E-state index in [4.69, 9.17) is 4.74 Å². The van der Waals surface area contributed by atoms with E-state index in [1.165, 1.54) is 18.0 Å². The number of anilines is 1. The Morgan fingerprint density at radius 2 is 1.91 bits per heavy atom. The van der Waals surface area contributed by atoms with Gasteiger partial charge in [-0.2, -0.15) is 0 Å². The number of allylic oxidation sites excluding steroid dienone is 4. The van der Waals surface area contributed by atoms with Gasteiger partial charge in [0.25, 0.3) is 0 Å². The van der Waals surface area contributed by atoms with Gasteiger partial charge in [0, 0.05) is 16.7 Å². The van der Waals surface area contributed by atoms with Gasteiger partial charge in [-0.05, 0) is 55.7 Å². The second kappa shape index (κ2) is 12.8. The van der Waals surface area contributed by atoms with Crippen molar-refractivity contribution in [2.24, 2.45) is 0 Å². The van der Waals surface area contributed by atoms with Crippen molar-refractivity contribution in [1.29, 1.82) is 0 Å². The molecular formula is C18H25NO2S. The van der Waals surface area contributed by atoms with Crippen LogP contribution in [0.25, 0.3) is 0 Å². The first-order valence-electron chi connectivity index (χ1n) is 7.31. The molecule has 0 aliphatic rings. The standard InChI is InChI=1S/C16H19NO2S.C2H6/c1-4-19-16(18)11-10-13(2)12-14(3)20-17-15-8-6-5-7-9-15;1-2/h5-12,17H,2,4H2,1,3H3;1-2H3/b11-10+,14-12+;. The average Bonchev–Trinajstić information content (AvgIpc) is 2.54. The lowest BCUT2D eigenvalue weighted by Gasteiger charge is -2.05. The number of hydrogen-bond acceptors (Lipinski definition) is 4. The second-order valence-corrected chi connectivity index (χ2v) is 5.04. The predicted octanol–water partition coefficient (Wildman–Crippen LogP) is 5.35. The van der Waals surface area contributed by atoms with Gasteiger partial charge in [0.15, 0.2) is 0 Å². The van der Waals surface area contributed by atoms with E-state index in [0.717, 1.165) is 16.2 Å². The second-order valence-electron chi connectivity index (χ2n) is 3.99. The Kier molecular flexibility index (Phi) is 11.6. The maximum Gasteiger partial charge on any atom is 0.330 e. The van der Waals surface area contributed by atoms with E-state index in [9.17, 15) is 4.79 Å². The van der Waals surface area contributed by atoms with E-state index >= 15 is 0 Å². The van der Waals surface area contributed by atoms with Crippen LogP contribution in [0.3, 0.4) is 0 Å². The Labute approximate surface area is 138 Å². The third-order valence-corrected chi connectivity index (χ3v) is 2.99. The van der Waals surface area contributed by atoms with Gasteiger partial charge in [-0.25, -0.2) is 4.79 Å². The van der Waals surface area contributed by atoms with E-state index in [2.05, 4.69) is 11.3 Å². The van der Waals surface area contributed by atoms with Crippen LogP contribution in [-0.2, 0) is 9.53 Å². The first kappa shape index (κ1) is 20.1. The van der Waals surface area contributed by atoms with Crippen LogP contribution in [-0.4, -0.2) is 12.6 Å². The summed E-state index contributed by atoms with van der Waals surface area (Å²) in [5.74, 6) is -0.352. The SMILES string of the molecule is C=C(/C=C/C(=O)OCC)/C=C(\C)SNc1ccccc1.CC. The van der Waals surface area contributed by atoms with Crippen molar-refractivity contribution in [3.8, 4) is 0 Å². The van der Waals surface area contributed by atoms with Crippen molar-refractivity contribution >= 4 is 23.6 Å². The molecule has 0 atom stereocenters. The molecule has 0 fully saturated rings. The molecule has 0 saturated heterocycles. The third-order valence-electron chi connectivity index (χ3n) is 2.21. The average molecular weight is 319 g/mol. The number of benzene rings is 1. The van der Waals surface area contributed by atoms with Crippen LogP contribution in [0.4, 0.5) is 5.69 Å². The number of hydrogen-bond donors (Lipinski definition) is 1. The maximum atomic E-state index is 11.2. The summed E-state index contributed by atoms with van der Waals surface area (Å²) in [5, 5.41) is 0. The minimum Gasteiger partial charge on any atom is -0.463 e. The topological polar surface area (TPSA) is 38.3 Å². The van der Waals surface area contributed by atoms with E-state index in [1.807, 2.05) is 57.2 Å². The molecule has 0 aliphatic heterocycles.